The third-order valence-corrected chi connectivity index (χ3v) is 5.02. The van der Waals surface area contributed by atoms with Crippen molar-refractivity contribution in [2.24, 2.45) is 5.10 Å². The van der Waals surface area contributed by atoms with Crippen LogP contribution >= 0.6 is 0 Å². The van der Waals surface area contributed by atoms with Gasteiger partial charge in [0.25, 0.3) is 0 Å². The number of hydrogen-bond acceptors (Lipinski definition) is 2. The van der Waals surface area contributed by atoms with Crippen molar-refractivity contribution in [1.29, 1.82) is 0 Å². The number of fused-ring (bicyclic) bond motifs is 3. The highest BCUT2D eigenvalue weighted by Gasteiger charge is 2.39. The van der Waals surface area contributed by atoms with E-state index in [0.29, 0.717) is 6.42 Å². The third kappa shape index (κ3) is 2.19. The molecule has 0 unspecified atom stereocenters. The molecule has 0 amide bonds. The number of nitrogens with zero attached hydrogens (tertiary/aromatic N) is 2. The zero-order chi connectivity index (χ0) is 17.7. The lowest BCUT2D eigenvalue weighted by molar-refractivity contribution is -0.567. The summed E-state index contributed by atoms with van der Waals surface area (Å²) in [6.45, 7) is 0. The van der Waals surface area contributed by atoms with Crippen molar-refractivity contribution in [3.63, 3.8) is 0 Å². The molecule has 0 saturated carbocycles. The van der Waals surface area contributed by atoms with E-state index in [2.05, 4.69) is 29.4 Å². The second kappa shape index (κ2) is 5.63. The Bertz CT molecular complexity index is 1040. The van der Waals surface area contributed by atoms with Crippen LogP contribution < -0.4 is 5.11 Å². The molecule has 0 spiro atoms. The normalized spacial score (nSPS) is 17.9. The monoisotopic (exact) mass is 342 g/mol. The molecule has 0 saturated heterocycles. The second-order valence-electron chi connectivity index (χ2n) is 6.55. The molecule has 0 N–H and O–H groups in total. The fourth-order valence-electron chi connectivity index (χ4n) is 3.87. The first-order valence-electron chi connectivity index (χ1n) is 8.58. The van der Waals surface area contributed by atoms with E-state index in [1.54, 1.807) is 12.1 Å². The van der Waals surface area contributed by atoms with Gasteiger partial charge in [-0.1, -0.05) is 41.1 Å². The standard InChI is InChI=1S/C22H15FN2O/c23-15-11-9-14(10-12-15)20-13-21(26)24-25(20)22-18-7-3-1-5-16(18)17-6-2-4-8-19(17)22/h1-12,20H,13H2/t20-/m1/s1. The van der Waals surface area contributed by atoms with Crippen LogP contribution in [0.4, 0.5) is 4.39 Å². The van der Waals surface area contributed by atoms with Crippen LogP contribution in [-0.2, 0) is 0 Å². The Balaban J connectivity index is 1.78. The van der Waals surface area contributed by atoms with E-state index < -0.39 is 0 Å². The Hall–Kier alpha value is -3.27. The van der Waals surface area contributed by atoms with Gasteiger partial charge in [0, 0.05) is 11.5 Å². The van der Waals surface area contributed by atoms with Crippen molar-refractivity contribution in [2.45, 2.75) is 12.5 Å². The van der Waals surface area contributed by atoms with Crippen LogP contribution in [0.1, 0.15) is 29.2 Å². The van der Waals surface area contributed by atoms with Crippen LogP contribution in [0, 0.1) is 5.82 Å². The zero-order valence-corrected chi connectivity index (χ0v) is 13.9. The highest BCUT2D eigenvalue weighted by Crippen LogP contribution is 2.39. The van der Waals surface area contributed by atoms with E-state index in [-0.39, 0.29) is 17.8 Å². The van der Waals surface area contributed by atoms with Gasteiger partial charge in [0.1, 0.15) is 5.82 Å². The molecule has 0 aromatic heterocycles. The van der Waals surface area contributed by atoms with Gasteiger partial charge in [0.2, 0.25) is 11.8 Å². The number of hydrogen-bond donors (Lipinski definition) is 0. The molecule has 26 heavy (non-hydrogen) atoms. The van der Waals surface area contributed by atoms with Gasteiger partial charge in [-0.15, -0.1) is 0 Å². The summed E-state index contributed by atoms with van der Waals surface area (Å²) in [4.78, 5) is 0. The minimum absolute atomic E-state index is 0.159. The first kappa shape index (κ1) is 15.0. The van der Waals surface area contributed by atoms with Gasteiger partial charge in [-0.2, -0.15) is 0 Å². The average Bonchev–Trinajstić information content (AvgIpc) is 3.20. The predicted molar refractivity (Wildman–Crippen MR) is 96.5 cm³/mol. The molecule has 1 aliphatic carbocycles. The molecule has 3 aromatic carbocycles. The summed E-state index contributed by atoms with van der Waals surface area (Å²) in [6.07, 6.45) is 0.291. The number of hydrazone groups is 1. The minimum Gasteiger partial charge on any atom is -0.857 e. The molecule has 3 nitrogen and oxygen atoms in total. The van der Waals surface area contributed by atoms with Crippen LogP contribution in [0.3, 0.4) is 0 Å². The Morgan fingerprint density at radius 3 is 1.92 bits per heavy atom. The summed E-state index contributed by atoms with van der Waals surface area (Å²) in [7, 11) is 0. The van der Waals surface area contributed by atoms with Crippen molar-refractivity contribution < 1.29 is 14.2 Å². The molecule has 0 bridgehead atoms. The predicted octanol–water partition coefficient (Wildman–Crippen LogP) is 3.47. The Morgan fingerprint density at radius 2 is 1.35 bits per heavy atom. The summed E-state index contributed by atoms with van der Waals surface area (Å²) >= 11 is 0. The van der Waals surface area contributed by atoms with E-state index in [1.165, 1.54) is 12.1 Å². The lowest BCUT2D eigenvalue weighted by atomic mass is 10.0. The highest BCUT2D eigenvalue weighted by molar-refractivity contribution is 6.22. The van der Waals surface area contributed by atoms with E-state index >= 15 is 0 Å². The average molecular weight is 342 g/mol. The summed E-state index contributed by atoms with van der Waals surface area (Å²) in [5.41, 5.74) is 6.25. The Kier molecular flexibility index (Phi) is 3.25. The maximum Gasteiger partial charge on any atom is 0.248 e. The summed E-state index contributed by atoms with van der Waals surface area (Å²) in [6, 6.07) is 22.4. The van der Waals surface area contributed by atoms with Gasteiger partial charge in [-0.25, -0.2) is 4.39 Å². The van der Waals surface area contributed by atoms with E-state index in [4.69, 9.17) is 0 Å². The van der Waals surface area contributed by atoms with Gasteiger partial charge in [0.05, 0.1) is 17.5 Å². The van der Waals surface area contributed by atoms with Gasteiger partial charge in [0.15, 0.2) is 0 Å². The van der Waals surface area contributed by atoms with E-state index in [0.717, 1.165) is 33.5 Å². The smallest absolute Gasteiger partial charge is 0.248 e. The molecule has 2 aliphatic rings. The number of halogens is 1. The topological polar surface area (TPSA) is 38.4 Å². The molecule has 1 aliphatic heterocycles. The van der Waals surface area contributed by atoms with Crippen molar-refractivity contribution in [1.82, 2.24) is 0 Å². The van der Waals surface area contributed by atoms with Crippen LogP contribution in [0.25, 0.3) is 11.1 Å². The van der Waals surface area contributed by atoms with Crippen LogP contribution in [0.2, 0.25) is 0 Å². The summed E-state index contributed by atoms with van der Waals surface area (Å²) in [5.74, 6) is -0.445. The summed E-state index contributed by atoms with van der Waals surface area (Å²) in [5, 5.41) is 16.5. The van der Waals surface area contributed by atoms with Gasteiger partial charge >= 0.3 is 0 Å². The van der Waals surface area contributed by atoms with E-state index in [9.17, 15) is 9.50 Å². The van der Waals surface area contributed by atoms with Crippen molar-refractivity contribution in [3.8, 4) is 11.1 Å². The maximum atomic E-state index is 13.3. The van der Waals surface area contributed by atoms with Gasteiger partial charge in [-0.05, 0) is 52.6 Å². The molecule has 126 valence electrons. The zero-order valence-electron chi connectivity index (χ0n) is 13.9. The highest BCUT2D eigenvalue weighted by atomic mass is 19.1. The molecule has 0 fully saturated rings. The number of benzene rings is 3. The maximum absolute atomic E-state index is 13.3. The fraction of sp³-hybridized carbons (Fsp3) is 0.0909. The molecule has 3 aromatic rings. The first-order valence-corrected chi connectivity index (χ1v) is 8.58. The van der Waals surface area contributed by atoms with Crippen molar-refractivity contribution in [3.05, 3.63) is 95.3 Å². The van der Waals surface area contributed by atoms with Gasteiger partial charge < -0.3 is 5.11 Å². The SMILES string of the molecule is [O-]C1=N[N+](=C2c3ccccc3-c3ccccc32)[C@@H](c2ccc(F)cc2)C1. The molecule has 4 heteroatoms. The Morgan fingerprint density at radius 1 is 0.808 bits per heavy atom. The number of rotatable bonds is 1. The third-order valence-electron chi connectivity index (χ3n) is 5.02. The minimum atomic E-state index is -0.286. The molecular weight excluding hydrogens is 327 g/mol. The second-order valence-corrected chi connectivity index (χ2v) is 6.55. The van der Waals surface area contributed by atoms with Crippen molar-refractivity contribution in [2.75, 3.05) is 0 Å². The molecule has 5 rings (SSSR count). The lowest BCUT2D eigenvalue weighted by Gasteiger charge is -2.09. The van der Waals surface area contributed by atoms with Crippen molar-refractivity contribution >= 4 is 11.6 Å². The lowest BCUT2D eigenvalue weighted by Crippen LogP contribution is -2.19. The van der Waals surface area contributed by atoms with Crippen LogP contribution in [-0.4, -0.2) is 16.3 Å². The van der Waals surface area contributed by atoms with E-state index in [1.807, 2.05) is 28.9 Å². The quantitative estimate of drug-likeness (QED) is 0.488. The fourth-order valence-corrected chi connectivity index (χ4v) is 3.87. The Labute approximate surface area is 150 Å². The van der Waals surface area contributed by atoms with Gasteiger partial charge in [-0.3, -0.25) is 0 Å². The molecule has 1 atom stereocenters. The first-order chi connectivity index (χ1) is 12.7. The van der Waals surface area contributed by atoms with Crippen LogP contribution in [0.5, 0.6) is 0 Å². The largest absolute Gasteiger partial charge is 0.857 e. The molecular formula is C22H15FN2O. The molecule has 0 radical (unpaired) electrons. The van der Waals surface area contributed by atoms with Crippen LogP contribution in [0.15, 0.2) is 77.9 Å². The summed E-state index contributed by atoms with van der Waals surface area (Å²) < 4.78 is 15.2. The molecule has 1 heterocycles.